The Morgan fingerprint density at radius 1 is 1.13 bits per heavy atom. The van der Waals surface area contributed by atoms with Gasteiger partial charge < -0.3 is 24.0 Å². The summed E-state index contributed by atoms with van der Waals surface area (Å²) in [7, 11) is 3.29. The molecular formula is C30H33FN2O4S. The fourth-order valence-electron chi connectivity index (χ4n) is 5.69. The zero-order valence-electron chi connectivity index (χ0n) is 21.8. The highest BCUT2D eigenvalue weighted by molar-refractivity contribution is 7.22. The summed E-state index contributed by atoms with van der Waals surface area (Å²) >= 11 is 1.62. The van der Waals surface area contributed by atoms with E-state index in [1.807, 2.05) is 12.1 Å². The number of halogens is 1. The number of alkyl halides is 1. The summed E-state index contributed by atoms with van der Waals surface area (Å²) < 4.78 is 28.7. The monoisotopic (exact) mass is 536 g/mol. The summed E-state index contributed by atoms with van der Waals surface area (Å²) in [5, 5.41) is 12.1. The standard InChI is InChI=1S/C30H33FN2O4S/c1-36-22-8-7-19-12-25(33(24(19)15-22)16-18-5-6-18)29-23(9-11-34)28-26(37-2)13-20(14-27(28)38-29)30(35)32-10-3-4-21(31)17-32/h7-8,12-15,18,21,34H,3-6,9-11,16-17H2,1-2H3/t21-/m1/s1. The van der Waals surface area contributed by atoms with Gasteiger partial charge in [0.05, 0.1) is 36.9 Å². The number of carbonyl (C=O) groups excluding carboxylic acids is 1. The predicted molar refractivity (Wildman–Crippen MR) is 149 cm³/mol. The maximum absolute atomic E-state index is 14.1. The Balaban J connectivity index is 1.52. The van der Waals surface area contributed by atoms with E-state index in [4.69, 9.17) is 9.47 Å². The second-order valence-corrected chi connectivity index (χ2v) is 11.5. The number of amides is 1. The number of hydrogen-bond donors (Lipinski definition) is 1. The molecule has 1 saturated heterocycles. The molecule has 200 valence electrons. The van der Waals surface area contributed by atoms with Gasteiger partial charge in [-0.1, -0.05) is 0 Å². The molecule has 4 aromatic rings. The summed E-state index contributed by atoms with van der Waals surface area (Å²) in [6.45, 7) is 1.63. The van der Waals surface area contributed by atoms with Crippen LogP contribution in [0.3, 0.4) is 0 Å². The number of aliphatic hydroxyl groups excluding tert-OH is 1. The van der Waals surface area contributed by atoms with Crippen LogP contribution in [0.5, 0.6) is 11.5 Å². The highest BCUT2D eigenvalue weighted by Gasteiger charge is 2.29. The highest BCUT2D eigenvalue weighted by Crippen LogP contribution is 2.46. The van der Waals surface area contributed by atoms with Gasteiger partial charge in [-0.15, -0.1) is 11.3 Å². The summed E-state index contributed by atoms with van der Waals surface area (Å²) in [5.74, 6) is 1.93. The van der Waals surface area contributed by atoms with Gasteiger partial charge in [0.1, 0.15) is 17.7 Å². The fraction of sp³-hybridized carbons (Fsp3) is 0.433. The van der Waals surface area contributed by atoms with Crippen LogP contribution in [-0.4, -0.2) is 60.6 Å². The Bertz CT molecular complexity index is 1510. The molecule has 1 N–H and O–H groups in total. The third kappa shape index (κ3) is 4.54. The molecule has 2 aromatic carbocycles. The van der Waals surface area contributed by atoms with Gasteiger partial charge in [-0.3, -0.25) is 4.79 Å². The van der Waals surface area contributed by atoms with Crippen molar-refractivity contribution in [2.45, 2.75) is 44.8 Å². The lowest BCUT2D eigenvalue weighted by Gasteiger charge is -2.29. The molecular weight excluding hydrogens is 503 g/mol. The molecule has 1 amide bonds. The van der Waals surface area contributed by atoms with Crippen LogP contribution in [0.2, 0.25) is 0 Å². The Hall–Kier alpha value is -3.10. The van der Waals surface area contributed by atoms with E-state index >= 15 is 0 Å². The Kier molecular flexibility index (Phi) is 6.78. The minimum Gasteiger partial charge on any atom is -0.497 e. The number of carbonyl (C=O) groups is 1. The third-order valence-electron chi connectivity index (χ3n) is 7.82. The molecule has 6 nitrogen and oxygen atoms in total. The molecule has 0 radical (unpaired) electrons. The van der Waals surface area contributed by atoms with Gasteiger partial charge in [-0.2, -0.15) is 0 Å². The molecule has 6 rings (SSSR count). The molecule has 2 aromatic heterocycles. The lowest BCUT2D eigenvalue weighted by Crippen LogP contribution is -2.40. The second kappa shape index (κ2) is 10.2. The molecule has 8 heteroatoms. The van der Waals surface area contributed by atoms with Crippen LogP contribution in [0, 0.1) is 5.92 Å². The van der Waals surface area contributed by atoms with Crippen molar-refractivity contribution in [3.05, 3.63) is 47.5 Å². The number of likely N-dealkylation sites (tertiary alicyclic amines) is 1. The minimum atomic E-state index is -0.977. The van der Waals surface area contributed by atoms with E-state index in [1.165, 1.54) is 12.8 Å². The predicted octanol–water partition coefficient (Wildman–Crippen LogP) is 6.06. The van der Waals surface area contributed by atoms with Crippen molar-refractivity contribution in [2.24, 2.45) is 5.92 Å². The van der Waals surface area contributed by atoms with Crippen molar-refractivity contribution in [3.8, 4) is 22.1 Å². The number of benzene rings is 2. The van der Waals surface area contributed by atoms with Crippen LogP contribution >= 0.6 is 11.3 Å². The number of rotatable bonds is 8. The van der Waals surface area contributed by atoms with E-state index in [-0.39, 0.29) is 19.1 Å². The maximum Gasteiger partial charge on any atom is 0.254 e. The molecule has 1 aliphatic heterocycles. The second-order valence-electron chi connectivity index (χ2n) is 10.4. The fourth-order valence-corrected chi connectivity index (χ4v) is 7.02. The van der Waals surface area contributed by atoms with E-state index in [9.17, 15) is 14.3 Å². The summed E-state index contributed by atoms with van der Waals surface area (Å²) in [5.41, 5.74) is 3.77. The number of ether oxygens (including phenoxy) is 2. The van der Waals surface area contributed by atoms with Crippen molar-refractivity contribution >= 4 is 38.2 Å². The number of aliphatic hydroxyl groups is 1. The molecule has 2 aliphatic rings. The van der Waals surface area contributed by atoms with E-state index in [0.717, 1.165) is 49.4 Å². The zero-order chi connectivity index (χ0) is 26.4. The summed E-state index contributed by atoms with van der Waals surface area (Å²) in [4.78, 5) is 16.0. The number of hydrogen-bond acceptors (Lipinski definition) is 5. The lowest BCUT2D eigenvalue weighted by atomic mass is 10.0. The van der Waals surface area contributed by atoms with Gasteiger partial charge in [0.25, 0.3) is 5.91 Å². The molecule has 38 heavy (non-hydrogen) atoms. The van der Waals surface area contributed by atoms with Gasteiger partial charge in [0, 0.05) is 46.8 Å². The minimum absolute atomic E-state index is 0.00497. The van der Waals surface area contributed by atoms with Crippen LogP contribution in [0.15, 0.2) is 36.4 Å². The first-order valence-corrected chi connectivity index (χ1v) is 14.2. The van der Waals surface area contributed by atoms with Gasteiger partial charge in [0.2, 0.25) is 0 Å². The molecule has 2 fully saturated rings. The van der Waals surface area contributed by atoms with Gasteiger partial charge in [-0.05, 0) is 73.9 Å². The smallest absolute Gasteiger partial charge is 0.254 e. The number of nitrogens with zero attached hydrogens (tertiary/aromatic N) is 2. The van der Waals surface area contributed by atoms with Gasteiger partial charge >= 0.3 is 0 Å². The molecule has 3 heterocycles. The summed E-state index contributed by atoms with van der Waals surface area (Å²) in [6, 6.07) is 12.1. The number of thiophene rings is 1. The van der Waals surface area contributed by atoms with Crippen molar-refractivity contribution in [3.63, 3.8) is 0 Å². The van der Waals surface area contributed by atoms with Crippen LogP contribution in [0.1, 0.15) is 41.6 Å². The molecule has 1 saturated carbocycles. The Labute approximate surface area is 225 Å². The normalized spacial score (nSPS) is 17.9. The van der Waals surface area contributed by atoms with Crippen molar-refractivity contribution in [1.82, 2.24) is 9.47 Å². The molecule has 0 unspecified atom stereocenters. The number of aromatic nitrogens is 1. The van der Waals surface area contributed by atoms with E-state index in [0.29, 0.717) is 43.0 Å². The van der Waals surface area contributed by atoms with E-state index in [2.05, 4.69) is 22.8 Å². The molecule has 0 spiro atoms. The lowest BCUT2D eigenvalue weighted by molar-refractivity contribution is 0.0636. The Morgan fingerprint density at radius 2 is 1.97 bits per heavy atom. The van der Waals surface area contributed by atoms with Crippen LogP contribution in [0.25, 0.3) is 31.6 Å². The van der Waals surface area contributed by atoms with Crippen molar-refractivity contribution < 1.29 is 23.8 Å². The maximum atomic E-state index is 14.1. The topological polar surface area (TPSA) is 63.9 Å². The average Bonchev–Trinajstić information content (AvgIpc) is 3.59. The number of fused-ring (bicyclic) bond motifs is 2. The number of methoxy groups -OCH3 is 2. The highest BCUT2D eigenvalue weighted by atomic mass is 32.1. The molecule has 1 aliphatic carbocycles. The quantitative estimate of drug-likeness (QED) is 0.297. The largest absolute Gasteiger partial charge is 0.497 e. The first kappa shape index (κ1) is 25.2. The molecule has 0 bridgehead atoms. The van der Waals surface area contributed by atoms with Crippen LogP contribution in [0.4, 0.5) is 4.39 Å². The zero-order valence-corrected chi connectivity index (χ0v) is 22.7. The Morgan fingerprint density at radius 3 is 2.68 bits per heavy atom. The van der Waals surface area contributed by atoms with Crippen molar-refractivity contribution in [1.29, 1.82) is 0 Å². The first-order chi connectivity index (χ1) is 18.5. The van der Waals surface area contributed by atoms with Crippen LogP contribution < -0.4 is 9.47 Å². The van der Waals surface area contributed by atoms with E-state index in [1.54, 1.807) is 36.5 Å². The van der Waals surface area contributed by atoms with E-state index < -0.39 is 6.17 Å². The average molecular weight is 537 g/mol. The first-order valence-electron chi connectivity index (χ1n) is 13.4. The summed E-state index contributed by atoms with van der Waals surface area (Å²) in [6.07, 6.45) is 3.14. The molecule has 1 atom stereocenters. The van der Waals surface area contributed by atoms with Gasteiger partial charge in [0.15, 0.2) is 0 Å². The number of piperidine rings is 1. The van der Waals surface area contributed by atoms with Gasteiger partial charge in [-0.25, -0.2) is 4.39 Å². The SMILES string of the molecule is COc1ccc2cc(-c3sc4cc(C(=O)N5CCC[C@@H](F)C5)cc(OC)c4c3CCO)n(CC3CC3)c2c1. The third-order valence-corrected chi connectivity index (χ3v) is 9.02. The van der Waals surface area contributed by atoms with Crippen LogP contribution in [-0.2, 0) is 13.0 Å². The van der Waals surface area contributed by atoms with Crippen molar-refractivity contribution in [2.75, 3.05) is 33.9 Å².